The van der Waals surface area contributed by atoms with Gasteiger partial charge in [0.15, 0.2) is 0 Å². The molecule has 0 aliphatic carbocycles. The summed E-state index contributed by atoms with van der Waals surface area (Å²) in [6.45, 7) is 5.55. The van der Waals surface area contributed by atoms with Crippen LogP contribution in [0, 0.1) is 5.92 Å². The van der Waals surface area contributed by atoms with Crippen molar-refractivity contribution in [3.8, 4) is 16.9 Å². The Morgan fingerprint density at radius 3 is 2.76 bits per heavy atom. The van der Waals surface area contributed by atoms with Crippen molar-refractivity contribution >= 4 is 5.91 Å². The predicted octanol–water partition coefficient (Wildman–Crippen LogP) is 4.09. The number of carbonyl (C=O) groups excluding carboxylic acids is 1. The maximum atomic E-state index is 13.8. The normalized spacial score (nSPS) is 13.0. The lowest BCUT2D eigenvalue weighted by molar-refractivity contribution is 0.0726. The highest BCUT2D eigenvalue weighted by Gasteiger charge is 2.27. The van der Waals surface area contributed by atoms with Crippen LogP contribution in [0.5, 0.6) is 5.75 Å². The highest BCUT2D eigenvalue weighted by atomic mass is 16.5. The number of rotatable bonds is 7. The van der Waals surface area contributed by atoms with Gasteiger partial charge < -0.3 is 14.2 Å². The highest BCUT2D eigenvalue weighted by Crippen LogP contribution is 2.27. The summed E-state index contributed by atoms with van der Waals surface area (Å²) in [7, 11) is 1.61. The smallest absolute Gasteiger partial charge is 0.274 e. The Kier molecular flexibility index (Phi) is 6.90. The number of aromatic nitrogens is 4. The fourth-order valence-electron chi connectivity index (χ4n) is 4.89. The number of hydrogen-bond acceptors (Lipinski definition) is 5. The molecule has 8 nitrogen and oxygen atoms in total. The monoisotopic (exact) mass is 497 g/mol. The van der Waals surface area contributed by atoms with E-state index < -0.39 is 0 Å². The minimum Gasteiger partial charge on any atom is -0.497 e. The molecule has 4 heterocycles. The topological polar surface area (TPSA) is 93.1 Å². The van der Waals surface area contributed by atoms with Gasteiger partial charge in [-0.3, -0.25) is 19.7 Å². The Morgan fingerprint density at radius 1 is 1.14 bits per heavy atom. The summed E-state index contributed by atoms with van der Waals surface area (Å²) in [5.41, 5.74) is 5.34. The molecule has 0 saturated heterocycles. The SMILES string of the molecule is COc1cccc(-c2cc3c(n(Cc4ccccn4)c2=O)CCN(C(=O)c2cc(CC(C)C)[nH]n2)C3)c1. The lowest BCUT2D eigenvalue weighted by atomic mass is 9.98. The Morgan fingerprint density at radius 2 is 2.00 bits per heavy atom. The van der Waals surface area contributed by atoms with E-state index in [4.69, 9.17) is 4.74 Å². The molecule has 3 aromatic heterocycles. The minimum atomic E-state index is -0.109. The summed E-state index contributed by atoms with van der Waals surface area (Å²) in [5, 5.41) is 7.28. The van der Waals surface area contributed by atoms with Crippen LogP contribution in [0.1, 0.15) is 47.0 Å². The quantitative estimate of drug-likeness (QED) is 0.415. The Hall–Kier alpha value is -4.20. The number of pyridine rings is 2. The van der Waals surface area contributed by atoms with Crippen LogP contribution in [-0.4, -0.2) is 44.2 Å². The van der Waals surface area contributed by atoms with Gasteiger partial charge in [-0.15, -0.1) is 0 Å². The molecule has 4 aromatic rings. The molecule has 37 heavy (non-hydrogen) atoms. The molecule has 0 spiro atoms. The highest BCUT2D eigenvalue weighted by molar-refractivity contribution is 5.92. The molecule has 190 valence electrons. The molecular weight excluding hydrogens is 466 g/mol. The van der Waals surface area contributed by atoms with Gasteiger partial charge in [-0.05, 0) is 59.9 Å². The number of nitrogens with zero attached hydrogens (tertiary/aromatic N) is 4. The van der Waals surface area contributed by atoms with Crippen LogP contribution in [0.3, 0.4) is 0 Å². The van der Waals surface area contributed by atoms with Crippen LogP contribution in [-0.2, 0) is 25.9 Å². The van der Waals surface area contributed by atoms with Gasteiger partial charge in [0.2, 0.25) is 0 Å². The van der Waals surface area contributed by atoms with E-state index in [1.54, 1.807) is 13.3 Å². The number of nitrogens with one attached hydrogen (secondary N) is 1. The number of amides is 1. The lowest BCUT2D eigenvalue weighted by Crippen LogP contribution is -2.39. The molecule has 1 aliphatic heterocycles. The summed E-state index contributed by atoms with van der Waals surface area (Å²) in [4.78, 5) is 33.4. The molecule has 0 unspecified atom stereocenters. The fourth-order valence-corrected chi connectivity index (χ4v) is 4.89. The van der Waals surface area contributed by atoms with Crippen molar-refractivity contribution in [2.24, 2.45) is 5.92 Å². The summed E-state index contributed by atoms with van der Waals surface area (Å²) < 4.78 is 7.21. The number of aromatic amines is 1. The first-order chi connectivity index (χ1) is 17.9. The van der Waals surface area contributed by atoms with E-state index in [1.807, 2.05) is 64.1 Å². The molecule has 5 rings (SSSR count). The fraction of sp³-hybridized carbons (Fsp3) is 0.310. The number of ether oxygens (including phenoxy) is 1. The average molecular weight is 498 g/mol. The van der Waals surface area contributed by atoms with Gasteiger partial charge in [0, 0.05) is 42.7 Å². The predicted molar refractivity (Wildman–Crippen MR) is 142 cm³/mol. The molecule has 1 aliphatic rings. The van der Waals surface area contributed by atoms with Gasteiger partial charge >= 0.3 is 0 Å². The first kappa shape index (κ1) is 24.5. The Bertz CT molecular complexity index is 1470. The zero-order valence-electron chi connectivity index (χ0n) is 21.4. The van der Waals surface area contributed by atoms with Crippen LogP contribution in [0.2, 0.25) is 0 Å². The van der Waals surface area contributed by atoms with E-state index >= 15 is 0 Å². The zero-order valence-corrected chi connectivity index (χ0v) is 21.4. The first-order valence-electron chi connectivity index (χ1n) is 12.6. The van der Waals surface area contributed by atoms with Gasteiger partial charge in [-0.2, -0.15) is 5.10 Å². The molecular formula is C29H31N5O3. The van der Waals surface area contributed by atoms with E-state index in [0.717, 1.165) is 34.6 Å². The summed E-state index contributed by atoms with van der Waals surface area (Å²) in [5.74, 6) is 1.04. The average Bonchev–Trinajstić information content (AvgIpc) is 3.37. The third-order valence-electron chi connectivity index (χ3n) is 6.66. The molecule has 0 atom stereocenters. The Balaban J connectivity index is 1.53. The largest absolute Gasteiger partial charge is 0.497 e. The van der Waals surface area contributed by atoms with Crippen molar-refractivity contribution in [2.75, 3.05) is 13.7 Å². The van der Waals surface area contributed by atoms with Gasteiger partial charge in [0.1, 0.15) is 11.4 Å². The maximum Gasteiger partial charge on any atom is 0.274 e. The van der Waals surface area contributed by atoms with Crippen molar-refractivity contribution in [1.82, 2.24) is 24.6 Å². The summed E-state index contributed by atoms with van der Waals surface area (Å²) in [6, 6.07) is 17.0. The van der Waals surface area contributed by atoms with Crippen LogP contribution in [0.4, 0.5) is 0 Å². The number of benzene rings is 1. The van der Waals surface area contributed by atoms with E-state index in [1.165, 1.54) is 0 Å². The van der Waals surface area contributed by atoms with Crippen molar-refractivity contribution < 1.29 is 9.53 Å². The van der Waals surface area contributed by atoms with Crippen LogP contribution in [0.15, 0.2) is 65.6 Å². The standard InChI is InChI=1S/C29H31N5O3/c1-19(2)13-23-16-26(32-31-23)29(36)33-12-10-27-21(17-33)15-25(20-7-6-9-24(14-20)37-3)28(35)34(27)18-22-8-4-5-11-30-22/h4-9,11,14-16,19H,10,12-13,17-18H2,1-3H3,(H,31,32). The van der Waals surface area contributed by atoms with Crippen molar-refractivity contribution in [3.63, 3.8) is 0 Å². The molecule has 0 bridgehead atoms. The number of carbonyl (C=O) groups is 1. The van der Waals surface area contributed by atoms with Crippen LogP contribution >= 0.6 is 0 Å². The third-order valence-corrected chi connectivity index (χ3v) is 6.66. The molecule has 1 amide bonds. The van der Waals surface area contributed by atoms with Crippen molar-refractivity contribution in [1.29, 1.82) is 0 Å². The van der Waals surface area contributed by atoms with Crippen LogP contribution < -0.4 is 10.3 Å². The van der Waals surface area contributed by atoms with Gasteiger partial charge in [-0.1, -0.05) is 32.0 Å². The number of fused-ring (bicyclic) bond motifs is 1. The minimum absolute atomic E-state index is 0.0805. The van der Waals surface area contributed by atoms with Crippen molar-refractivity contribution in [2.45, 2.75) is 39.8 Å². The lowest BCUT2D eigenvalue weighted by Gasteiger charge is -2.30. The molecule has 1 aromatic carbocycles. The van der Waals surface area contributed by atoms with Gasteiger partial charge in [0.05, 0.1) is 19.3 Å². The van der Waals surface area contributed by atoms with Gasteiger partial charge in [0.25, 0.3) is 11.5 Å². The number of H-pyrrole nitrogens is 1. The van der Waals surface area contributed by atoms with E-state index in [9.17, 15) is 9.59 Å². The second kappa shape index (κ2) is 10.4. The zero-order chi connectivity index (χ0) is 25.9. The van der Waals surface area contributed by atoms with E-state index in [2.05, 4.69) is 29.0 Å². The molecule has 1 N–H and O–H groups in total. The first-order valence-corrected chi connectivity index (χ1v) is 12.6. The number of methoxy groups -OCH3 is 1. The van der Waals surface area contributed by atoms with E-state index in [0.29, 0.717) is 49.0 Å². The summed E-state index contributed by atoms with van der Waals surface area (Å²) in [6.07, 6.45) is 3.15. The van der Waals surface area contributed by atoms with E-state index in [-0.39, 0.29) is 11.5 Å². The second-order valence-corrected chi connectivity index (χ2v) is 9.83. The molecule has 0 radical (unpaired) electrons. The molecule has 0 fully saturated rings. The summed E-state index contributed by atoms with van der Waals surface area (Å²) >= 11 is 0. The maximum absolute atomic E-state index is 13.8. The Labute approximate surface area is 215 Å². The second-order valence-electron chi connectivity index (χ2n) is 9.83. The molecule has 8 heteroatoms. The van der Waals surface area contributed by atoms with Crippen LogP contribution in [0.25, 0.3) is 11.1 Å². The molecule has 0 saturated carbocycles. The van der Waals surface area contributed by atoms with Gasteiger partial charge in [-0.25, -0.2) is 0 Å². The third kappa shape index (κ3) is 5.18. The number of hydrogen-bond donors (Lipinski definition) is 1. The van der Waals surface area contributed by atoms with Crippen molar-refractivity contribution in [3.05, 3.63) is 99.5 Å².